The third-order valence-corrected chi connectivity index (χ3v) is 4.54. The quantitative estimate of drug-likeness (QED) is 0.902. The van der Waals surface area contributed by atoms with Gasteiger partial charge in [-0.15, -0.1) is 0 Å². The molecule has 0 bridgehead atoms. The molecule has 1 aliphatic heterocycles. The number of carbonyl (C=O) groups is 1. The molecule has 1 aliphatic rings. The Morgan fingerprint density at radius 2 is 1.76 bits per heavy atom. The highest BCUT2D eigenvalue weighted by Crippen LogP contribution is 2.10. The predicted octanol–water partition coefficient (Wildman–Crippen LogP) is 1.90. The first-order valence-electron chi connectivity index (χ1n) is 8.56. The lowest BCUT2D eigenvalue weighted by Crippen LogP contribution is -2.48. The van der Waals surface area contributed by atoms with Crippen LogP contribution >= 0.6 is 0 Å². The molecule has 0 unspecified atom stereocenters. The second kappa shape index (κ2) is 8.07. The van der Waals surface area contributed by atoms with Gasteiger partial charge in [-0.05, 0) is 43.1 Å². The monoisotopic (exact) mass is 343 g/mol. The Morgan fingerprint density at radius 1 is 1.04 bits per heavy atom. The highest BCUT2D eigenvalue weighted by Gasteiger charge is 2.21. The lowest BCUT2D eigenvalue weighted by molar-refractivity contribution is 0.0635. The van der Waals surface area contributed by atoms with Crippen molar-refractivity contribution in [2.75, 3.05) is 32.7 Å². The molecule has 0 saturated carbocycles. The minimum atomic E-state index is -0.206. The summed E-state index contributed by atoms with van der Waals surface area (Å²) in [5.41, 5.74) is 1.46. The molecule has 1 aromatic carbocycles. The number of rotatable bonds is 5. The van der Waals surface area contributed by atoms with Gasteiger partial charge in [-0.2, -0.15) is 0 Å². The van der Waals surface area contributed by atoms with Crippen molar-refractivity contribution in [1.82, 2.24) is 14.8 Å². The molecule has 1 aromatic heterocycles. The number of nitrogens with zero attached hydrogens (tertiary/aromatic N) is 2. The van der Waals surface area contributed by atoms with E-state index in [4.69, 9.17) is 0 Å². The maximum atomic E-state index is 12.9. The number of pyridine rings is 1. The summed E-state index contributed by atoms with van der Waals surface area (Å²) < 4.78 is 12.9. The van der Waals surface area contributed by atoms with Crippen LogP contribution in [0.3, 0.4) is 0 Å². The van der Waals surface area contributed by atoms with Crippen LogP contribution < -0.4 is 5.56 Å². The molecular weight excluding hydrogens is 321 g/mol. The van der Waals surface area contributed by atoms with E-state index in [-0.39, 0.29) is 17.3 Å². The van der Waals surface area contributed by atoms with Gasteiger partial charge in [-0.25, -0.2) is 4.39 Å². The summed E-state index contributed by atoms with van der Waals surface area (Å²) in [5.74, 6) is -0.241. The van der Waals surface area contributed by atoms with Crippen LogP contribution in [0.1, 0.15) is 22.3 Å². The van der Waals surface area contributed by atoms with E-state index in [1.807, 2.05) is 17.0 Å². The third kappa shape index (κ3) is 4.76. The molecule has 0 spiro atoms. The molecule has 1 saturated heterocycles. The number of amides is 1. The lowest BCUT2D eigenvalue weighted by Gasteiger charge is -2.34. The Labute approximate surface area is 146 Å². The Kier molecular flexibility index (Phi) is 5.60. The minimum absolute atomic E-state index is 0.0396. The Morgan fingerprint density at radius 3 is 2.40 bits per heavy atom. The van der Waals surface area contributed by atoms with Crippen LogP contribution in [0.2, 0.25) is 0 Å². The summed E-state index contributed by atoms with van der Waals surface area (Å²) in [5, 5.41) is 0. The van der Waals surface area contributed by atoms with E-state index < -0.39 is 0 Å². The second-order valence-electron chi connectivity index (χ2n) is 6.31. The zero-order valence-electron chi connectivity index (χ0n) is 14.1. The molecule has 2 aromatic rings. The fourth-order valence-electron chi connectivity index (χ4n) is 3.06. The fourth-order valence-corrected chi connectivity index (χ4v) is 3.06. The number of halogens is 1. The van der Waals surface area contributed by atoms with Crippen molar-refractivity contribution in [1.29, 1.82) is 0 Å². The molecule has 3 rings (SSSR count). The molecule has 2 heterocycles. The Hall–Kier alpha value is -2.47. The highest BCUT2D eigenvalue weighted by molar-refractivity contribution is 5.93. The van der Waals surface area contributed by atoms with E-state index in [2.05, 4.69) is 9.88 Å². The molecule has 1 N–H and O–H groups in total. The van der Waals surface area contributed by atoms with Crippen molar-refractivity contribution in [3.63, 3.8) is 0 Å². The molecular formula is C19H22FN3O2. The standard InChI is InChI=1S/C19H22FN3O2/c20-17-6-3-15(4-7-17)2-1-9-22-10-12-23(13-11-22)19(25)16-5-8-18(24)21-14-16/h3-8,14H,1-2,9-13H2,(H,21,24). The number of hydrogen-bond acceptors (Lipinski definition) is 3. The van der Waals surface area contributed by atoms with Crippen molar-refractivity contribution in [3.05, 3.63) is 69.9 Å². The molecule has 5 nitrogen and oxygen atoms in total. The van der Waals surface area contributed by atoms with Gasteiger partial charge in [0.2, 0.25) is 5.56 Å². The molecule has 1 amide bonds. The van der Waals surface area contributed by atoms with Gasteiger partial charge in [0.1, 0.15) is 5.82 Å². The first-order valence-corrected chi connectivity index (χ1v) is 8.56. The van der Waals surface area contributed by atoms with Crippen LogP contribution in [0.4, 0.5) is 4.39 Å². The van der Waals surface area contributed by atoms with E-state index >= 15 is 0 Å². The van der Waals surface area contributed by atoms with Gasteiger partial charge < -0.3 is 9.88 Å². The first-order chi connectivity index (χ1) is 12.1. The SMILES string of the molecule is O=C(c1ccc(=O)[nH]c1)N1CCN(CCCc2ccc(F)cc2)CC1. The lowest BCUT2D eigenvalue weighted by atomic mass is 10.1. The van der Waals surface area contributed by atoms with Gasteiger partial charge in [0.15, 0.2) is 0 Å². The summed E-state index contributed by atoms with van der Waals surface area (Å²) in [7, 11) is 0. The van der Waals surface area contributed by atoms with Crippen molar-refractivity contribution in [3.8, 4) is 0 Å². The van der Waals surface area contributed by atoms with Crippen molar-refractivity contribution in [2.24, 2.45) is 0 Å². The zero-order chi connectivity index (χ0) is 17.6. The van der Waals surface area contributed by atoms with E-state index in [1.165, 1.54) is 24.4 Å². The number of aromatic amines is 1. The zero-order valence-corrected chi connectivity index (χ0v) is 14.1. The molecule has 25 heavy (non-hydrogen) atoms. The maximum Gasteiger partial charge on any atom is 0.255 e. The number of aryl methyl sites for hydroxylation is 1. The number of benzene rings is 1. The largest absolute Gasteiger partial charge is 0.336 e. The molecule has 0 atom stereocenters. The fraction of sp³-hybridized carbons (Fsp3) is 0.368. The topological polar surface area (TPSA) is 56.4 Å². The molecule has 0 radical (unpaired) electrons. The number of aromatic nitrogens is 1. The summed E-state index contributed by atoms with van der Waals surface area (Å²) in [4.78, 5) is 30.2. The first kappa shape index (κ1) is 17.4. The number of H-pyrrole nitrogens is 1. The van der Waals surface area contributed by atoms with Crippen molar-refractivity contribution in [2.45, 2.75) is 12.8 Å². The highest BCUT2D eigenvalue weighted by atomic mass is 19.1. The summed E-state index contributed by atoms with van der Waals surface area (Å²) in [6, 6.07) is 9.59. The average molecular weight is 343 g/mol. The van der Waals surface area contributed by atoms with E-state index in [0.29, 0.717) is 18.7 Å². The van der Waals surface area contributed by atoms with Gasteiger partial charge in [-0.1, -0.05) is 12.1 Å². The minimum Gasteiger partial charge on any atom is -0.336 e. The number of nitrogens with one attached hydrogen (secondary N) is 1. The number of piperazine rings is 1. The summed E-state index contributed by atoms with van der Waals surface area (Å²) >= 11 is 0. The van der Waals surface area contributed by atoms with Crippen LogP contribution in [-0.2, 0) is 6.42 Å². The van der Waals surface area contributed by atoms with Crippen LogP contribution in [0.15, 0.2) is 47.4 Å². The van der Waals surface area contributed by atoms with Gasteiger partial charge in [0.25, 0.3) is 5.91 Å². The van der Waals surface area contributed by atoms with Crippen LogP contribution in [0.25, 0.3) is 0 Å². The van der Waals surface area contributed by atoms with E-state index in [9.17, 15) is 14.0 Å². The Bertz CT molecular complexity index is 744. The molecule has 6 heteroatoms. The maximum absolute atomic E-state index is 12.9. The van der Waals surface area contributed by atoms with Crippen LogP contribution in [0, 0.1) is 5.82 Å². The summed E-state index contributed by atoms with van der Waals surface area (Å²) in [6.45, 7) is 4.04. The predicted molar refractivity (Wildman–Crippen MR) is 94.1 cm³/mol. The smallest absolute Gasteiger partial charge is 0.255 e. The Balaban J connectivity index is 1.42. The third-order valence-electron chi connectivity index (χ3n) is 4.54. The van der Waals surface area contributed by atoms with E-state index in [0.717, 1.165) is 38.0 Å². The van der Waals surface area contributed by atoms with Gasteiger partial charge >= 0.3 is 0 Å². The van der Waals surface area contributed by atoms with Crippen molar-refractivity contribution < 1.29 is 9.18 Å². The molecule has 132 valence electrons. The normalized spacial score (nSPS) is 15.3. The van der Waals surface area contributed by atoms with E-state index in [1.54, 1.807) is 6.07 Å². The molecule has 0 aliphatic carbocycles. The number of hydrogen-bond donors (Lipinski definition) is 1. The van der Waals surface area contributed by atoms with Gasteiger partial charge in [-0.3, -0.25) is 14.5 Å². The second-order valence-corrected chi connectivity index (χ2v) is 6.31. The van der Waals surface area contributed by atoms with Crippen molar-refractivity contribution >= 4 is 5.91 Å². The average Bonchev–Trinajstić information content (AvgIpc) is 2.64. The van der Waals surface area contributed by atoms with Gasteiger partial charge in [0, 0.05) is 38.4 Å². The number of carbonyl (C=O) groups excluding carboxylic acids is 1. The summed E-state index contributed by atoms with van der Waals surface area (Å²) in [6.07, 6.45) is 3.41. The molecule has 1 fully saturated rings. The van der Waals surface area contributed by atoms with Crippen LogP contribution in [0.5, 0.6) is 0 Å². The van der Waals surface area contributed by atoms with Gasteiger partial charge in [0.05, 0.1) is 5.56 Å². The van der Waals surface area contributed by atoms with Crippen LogP contribution in [-0.4, -0.2) is 53.4 Å².